The molecular formula is C17H27NO2. The summed E-state index contributed by atoms with van der Waals surface area (Å²) in [7, 11) is 0. The van der Waals surface area contributed by atoms with Gasteiger partial charge in [0.2, 0.25) is 0 Å². The van der Waals surface area contributed by atoms with Gasteiger partial charge in [-0.2, -0.15) is 0 Å². The van der Waals surface area contributed by atoms with Gasteiger partial charge >= 0.3 is 5.97 Å². The van der Waals surface area contributed by atoms with Crippen LogP contribution in [0.25, 0.3) is 0 Å². The van der Waals surface area contributed by atoms with Gasteiger partial charge in [-0.25, -0.2) is 0 Å². The Balaban J connectivity index is 1.34. The third-order valence-electron chi connectivity index (χ3n) is 6.54. The van der Waals surface area contributed by atoms with Crippen molar-refractivity contribution in [2.75, 3.05) is 6.54 Å². The van der Waals surface area contributed by atoms with Gasteiger partial charge in [-0.3, -0.25) is 4.79 Å². The van der Waals surface area contributed by atoms with Crippen LogP contribution in [0.15, 0.2) is 0 Å². The predicted molar refractivity (Wildman–Crippen MR) is 77.4 cm³/mol. The van der Waals surface area contributed by atoms with Gasteiger partial charge in [-0.15, -0.1) is 0 Å². The molecule has 5 fully saturated rings. The van der Waals surface area contributed by atoms with Crippen molar-refractivity contribution in [3.8, 4) is 0 Å². The van der Waals surface area contributed by atoms with Crippen LogP contribution >= 0.6 is 0 Å². The molecule has 0 heterocycles. The molecule has 3 heteroatoms. The topological polar surface area (TPSA) is 49.3 Å². The second kappa shape index (κ2) is 4.72. The lowest BCUT2D eigenvalue weighted by Gasteiger charge is -2.57. The smallest absolute Gasteiger partial charge is 0.320 e. The van der Waals surface area contributed by atoms with Gasteiger partial charge in [0.15, 0.2) is 0 Å². The Kier molecular flexibility index (Phi) is 3.10. The largest absolute Gasteiger partial charge is 0.480 e. The molecule has 5 rings (SSSR count). The molecule has 20 heavy (non-hydrogen) atoms. The molecule has 0 spiro atoms. The molecule has 1 unspecified atom stereocenters. The summed E-state index contributed by atoms with van der Waals surface area (Å²) in [4.78, 5) is 11.3. The highest BCUT2D eigenvalue weighted by molar-refractivity contribution is 5.74. The molecule has 2 N–H and O–H groups in total. The minimum atomic E-state index is -0.641. The molecule has 0 saturated heterocycles. The SMILES string of the molecule is O=C(O)C(NCCC12CC3CC(CC(C3)C1)C2)C1CC1. The lowest BCUT2D eigenvalue weighted by Crippen LogP contribution is -2.48. The van der Waals surface area contributed by atoms with E-state index in [9.17, 15) is 9.90 Å². The first kappa shape index (κ1) is 13.1. The molecule has 0 radical (unpaired) electrons. The Morgan fingerprint density at radius 2 is 1.65 bits per heavy atom. The molecule has 1 atom stereocenters. The van der Waals surface area contributed by atoms with Crippen LogP contribution < -0.4 is 5.32 Å². The quantitative estimate of drug-likeness (QED) is 0.784. The maximum atomic E-state index is 11.3. The van der Waals surface area contributed by atoms with Crippen LogP contribution in [0.3, 0.4) is 0 Å². The van der Waals surface area contributed by atoms with E-state index in [2.05, 4.69) is 5.32 Å². The van der Waals surface area contributed by atoms with Crippen molar-refractivity contribution in [1.29, 1.82) is 0 Å². The summed E-state index contributed by atoms with van der Waals surface area (Å²) >= 11 is 0. The van der Waals surface area contributed by atoms with E-state index in [0.717, 1.165) is 37.1 Å². The fraction of sp³-hybridized carbons (Fsp3) is 0.941. The number of aliphatic carboxylic acids is 1. The summed E-state index contributed by atoms with van der Waals surface area (Å²) in [6.45, 7) is 0.916. The van der Waals surface area contributed by atoms with E-state index in [1.165, 1.54) is 44.9 Å². The first-order chi connectivity index (χ1) is 9.63. The highest BCUT2D eigenvalue weighted by atomic mass is 16.4. The zero-order chi connectivity index (χ0) is 13.7. The molecular weight excluding hydrogens is 250 g/mol. The van der Waals surface area contributed by atoms with Crippen LogP contribution in [0.1, 0.15) is 57.8 Å². The molecule has 5 saturated carbocycles. The van der Waals surface area contributed by atoms with E-state index in [1.54, 1.807) is 0 Å². The Labute approximate surface area is 121 Å². The Bertz CT molecular complexity index is 367. The first-order valence-electron chi connectivity index (χ1n) is 8.60. The number of nitrogens with one attached hydrogen (secondary N) is 1. The maximum Gasteiger partial charge on any atom is 0.320 e. The molecule has 112 valence electrons. The van der Waals surface area contributed by atoms with Gasteiger partial charge in [-0.05, 0) is 93.4 Å². The van der Waals surface area contributed by atoms with Gasteiger partial charge < -0.3 is 10.4 Å². The van der Waals surface area contributed by atoms with Gasteiger partial charge in [0.25, 0.3) is 0 Å². The molecule has 0 aromatic carbocycles. The number of hydrogen-bond acceptors (Lipinski definition) is 2. The van der Waals surface area contributed by atoms with E-state index in [1.807, 2.05) is 0 Å². The van der Waals surface area contributed by atoms with Crippen LogP contribution in [-0.2, 0) is 4.79 Å². The van der Waals surface area contributed by atoms with Crippen LogP contribution in [0.2, 0.25) is 0 Å². The Morgan fingerprint density at radius 1 is 1.10 bits per heavy atom. The molecule has 0 aromatic rings. The average molecular weight is 277 g/mol. The van der Waals surface area contributed by atoms with Crippen LogP contribution in [-0.4, -0.2) is 23.7 Å². The van der Waals surface area contributed by atoms with Crippen molar-refractivity contribution in [3.63, 3.8) is 0 Å². The second-order valence-electron chi connectivity index (χ2n) is 8.28. The van der Waals surface area contributed by atoms with Gasteiger partial charge in [-0.1, -0.05) is 0 Å². The molecule has 4 bridgehead atoms. The lowest BCUT2D eigenvalue weighted by molar-refractivity contribution is -0.140. The fourth-order valence-electron chi connectivity index (χ4n) is 5.97. The zero-order valence-electron chi connectivity index (χ0n) is 12.3. The van der Waals surface area contributed by atoms with Crippen LogP contribution in [0, 0.1) is 29.1 Å². The van der Waals surface area contributed by atoms with Crippen LogP contribution in [0.4, 0.5) is 0 Å². The standard InChI is InChI=1S/C17H27NO2/c19-16(20)15(14-1-2-14)18-4-3-17-8-11-5-12(9-17)7-13(6-11)10-17/h11-15,18H,1-10H2,(H,19,20). The minimum absolute atomic E-state index is 0.274. The molecule has 3 nitrogen and oxygen atoms in total. The average Bonchev–Trinajstić information content (AvgIpc) is 3.16. The van der Waals surface area contributed by atoms with Crippen molar-refractivity contribution in [3.05, 3.63) is 0 Å². The van der Waals surface area contributed by atoms with E-state index in [-0.39, 0.29) is 6.04 Å². The molecule has 0 aliphatic heterocycles. The van der Waals surface area contributed by atoms with E-state index < -0.39 is 5.97 Å². The van der Waals surface area contributed by atoms with Gasteiger partial charge in [0, 0.05) is 0 Å². The number of carbonyl (C=O) groups is 1. The maximum absolute atomic E-state index is 11.3. The van der Waals surface area contributed by atoms with E-state index >= 15 is 0 Å². The zero-order valence-corrected chi connectivity index (χ0v) is 12.3. The summed E-state index contributed by atoms with van der Waals surface area (Å²) < 4.78 is 0. The van der Waals surface area contributed by atoms with Crippen molar-refractivity contribution in [1.82, 2.24) is 5.32 Å². The summed E-state index contributed by atoms with van der Waals surface area (Å²) in [5.74, 6) is 2.77. The predicted octanol–water partition coefficient (Wildman–Crippen LogP) is 3.05. The first-order valence-corrected chi connectivity index (χ1v) is 8.60. The van der Waals surface area contributed by atoms with Crippen molar-refractivity contribution in [2.45, 2.75) is 63.8 Å². The molecule has 5 aliphatic rings. The summed E-state index contributed by atoms with van der Waals surface area (Å²) in [5.41, 5.74) is 0.578. The normalized spacial score (nSPS) is 43.7. The highest BCUT2D eigenvalue weighted by Gasteiger charge is 2.50. The minimum Gasteiger partial charge on any atom is -0.480 e. The number of hydrogen-bond donors (Lipinski definition) is 2. The Hall–Kier alpha value is -0.570. The summed E-state index contributed by atoms with van der Waals surface area (Å²) in [6, 6.07) is -0.274. The van der Waals surface area contributed by atoms with E-state index in [4.69, 9.17) is 0 Å². The van der Waals surface area contributed by atoms with E-state index in [0.29, 0.717) is 11.3 Å². The van der Waals surface area contributed by atoms with Crippen molar-refractivity contribution < 1.29 is 9.90 Å². The highest BCUT2D eigenvalue weighted by Crippen LogP contribution is 2.61. The summed E-state index contributed by atoms with van der Waals surface area (Å²) in [6.07, 6.45) is 12.2. The van der Waals surface area contributed by atoms with Crippen molar-refractivity contribution in [2.24, 2.45) is 29.1 Å². The Morgan fingerprint density at radius 3 is 2.10 bits per heavy atom. The second-order valence-corrected chi connectivity index (χ2v) is 8.28. The van der Waals surface area contributed by atoms with Gasteiger partial charge in [0.05, 0.1) is 0 Å². The fourth-order valence-corrected chi connectivity index (χ4v) is 5.97. The molecule has 5 aliphatic carbocycles. The molecule has 0 aromatic heterocycles. The summed E-state index contributed by atoms with van der Waals surface area (Å²) in [5, 5.41) is 12.6. The van der Waals surface area contributed by atoms with Gasteiger partial charge in [0.1, 0.15) is 6.04 Å². The lowest BCUT2D eigenvalue weighted by atomic mass is 9.49. The third-order valence-corrected chi connectivity index (χ3v) is 6.54. The number of carboxylic acids is 1. The number of carboxylic acid groups (broad SMARTS) is 1. The molecule has 0 amide bonds. The third kappa shape index (κ3) is 2.38. The number of rotatable bonds is 6. The monoisotopic (exact) mass is 277 g/mol. The van der Waals surface area contributed by atoms with Crippen LogP contribution in [0.5, 0.6) is 0 Å². The van der Waals surface area contributed by atoms with Crippen molar-refractivity contribution >= 4 is 5.97 Å².